The second-order valence-corrected chi connectivity index (χ2v) is 5.85. The zero-order chi connectivity index (χ0) is 14.8. The van der Waals surface area contributed by atoms with E-state index in [4.69, 9.17) is 9.47 Å². The number of rotatable bonds is 2. The lowest BCUT2D eigenvalue weighted by Crippen LogP contribution is -2.27. The molecular formula is C15H14BrNO4. The van der Waals surface area contributed by atoms with E-state index in [9.17, 15) is 9.59 Å². The van der Waals surface area contributed by atoms with Gasteiger partial charge in [-0.3, -0.25) is 4.79 Å². The molecule has 5 nitrogen and oxygen atoms in total. The van der Waals surface area contributed by atoms with Gasteiger partial charge in [-0.15, -0.1) is 0 Å². The maximum atomic E-state index is 12.3. The van der Waals surface area contributed by atoms with Crippen molar-refractivity contribution >= 4 is 33.5 Å². The number of anilines is 1. The van der Waals surface area contributed by atoms with E-state index in [1.165, 1.54) is 0 Å². The number of esters is 1. The highest BCUT2D eigenvalue weighted by molar-refractivity contribution is 9.11. The average Bonchev–Trinajstić information content (AvgIpc) is 2.48. The first-order valence-corrected chi connectivity index (χ1v) is 7.56. The van der Waals surface area contributed by atoms with Crippen LogP contribution in [0, 0.1) is 0 Å². The summed E-state index contributed by atoms with van der Waals surface area (Å²) in [6.45, 7) is -0.0929. The third kappa shape index (κ3) is 2.95. The minimum absolute atomic E-state index is 0.0929. The second-order valence-electron chi connectivity index (χ2n) is 4.93. The van der Waals surface area contributed by atoms with Crippen molar-refractivity contribution in [1.29, 1.82) is 0 Å². The van der Waals surface area contributed by atoms with Crippen molar-refractivity contribution in [3.8, 4) is 5.75 Å². The molecule has 0 radical (unpaired) electrons. The smallest absolute Gasteiger partial charge is 0.342 e. The Morgan fingerprint density at radius 2 is 2.29 bits per heavy atom. The highest BCUT2D eigenvalue weighted by Gasteiger charge is 2.26. The van der Waals surface area contributed by atoms with Crippen LogP contribution in [0.2, 0.25) is 0 Å². The molecule has 3 rings (SSSR count). The molecule has 1 aromatic carbocycles. The Bertz CT molecular complexity index is 626. The summed E-state index contributed by atoms with van der Waals surface area (Å²) in [5, 5.41) is 2.68. The molecule has 1 atom stereocenters. The zero-order valence-electron chi connectivity index (χ0n) is 11.2. The third-order valence-electron chi connectivity index (χ3n) is 3.42. The Hall–Kier alpha value is -1.82. The summed E-state index contributed by atoms with van der Waals surface area (Å²) in [6.07, 6.45) is 4.56. The number of carbonyl (C=O) groups excluding carboxylic acids is 2. The lowest BCUT2D eigenvalue weighted by Gasteiger charge is -2.23. The molecule has 0 aromatic heterocycles. The number of nitrogens with one attached hydrogen (secondary N) is 1. The first kappa shape index (κ1) is 14.1. The van der Waals surface area contributed by atoms with Gasteiger partial charge >= 0.3 is 5.97 Å². The van der Waals surface area contributed by atoms with Gasteiger partial charge in [0.15, 0.2) is 12.4 Å². The van der Waals surface area contributed by atoms with E-state index in [1.54, 1.807) is 18.2 Å². The molecule has 2 aliphatic rings. The van der Waals surface area contributed by atoms with Gasteiger partial charge in [-0.1, -0.05) is 28.1 Å². The van der Waals surface area contributed by atoms with Gasteiger partial charge in [0.05, 0.1) is 5.69 Å². The first-order valence-electron chi connectivity index (χ1n) is 6.77. The highest BCUT2D eigenvalue weighted by atomic mass is 79.9. The number of carbonyl (C=O) groups is 2. The number of fused-ring (bicyclic) bond motifs is 1. The molecule has 1 aliphatic heterocycles. The van der Waals surface area contributed by atoms with Gasteiger partial charge < -0.3 is 14.8 Å². The summed E-state index contributed by atoms with van der Waals surface area (Å²) >= 11 is 3.43. The zero-order valence-corrected chi connectivity index (χ0v) is 12.8. The molecule has 110 valence electrons. The second kappa shape index (κ2) is 5.89. The summed E-state index contributed by atoms with van der Waals surface area (Å²) in [6, 6.07) is 5.02. The van der Waals surface area contributed by atoms with Crippen molar-refractivity contribution in [3.63, 3.8) is 0 Å². The monoisotopic (exact) mass is 351 g/mol. The molecule has 0 spiro atoms. The van der Waals surface area contributed by atoms with E-state index < -0.39 is 5.97 Å². The molecule has 1 heterocycles. The fourth-order valence-electron chi connectivity index (χ4n) is 2.40. The van der Waals surface area contributed by atoms with Crippen LogP contribution in [0.4, 0.5) is 5.69 Å². The van der Waals surface area contributed by atoms with Crippen LogP contribution in [0.3, 0.4) is 0 Å². The van der Waals surface area contributed by atoms with Crippen molar-refractivity contribution in [2.24, 2.45) is 0 Å². The molecule has 0 saturated carbocycles. The third-order valence-corrected chi connectivity index (χ3v) is 4.26. The topological polar surface area (TPSA) is 64.6 Å². The van der Waals surface area contributed by atoms with E-state index in [2.05, 4.69) is 21.2 Å². The number of halogens is 1. The summed E-state index contributed by atoms with van der Waals surface area (Å²) in [5.41, 5.74) is 0.831. The van der Waals surface area contributed by atoms with Crippen LogP contribution in [0.5, 0.6) is 5.75 Å². The normalized spacial score (nSPS) is 20.7. The number of amides is 1. The molecular weight excluding hydrogens is 338 g/mol. The Balaban J connectivity index is 1.82. The predicted octanol–water partition coefficient (Wildman–Crippen LogP) is 3.01. The number of benzene rings is 1. The molecule has 1 aromatic rings. The number of hydrogen-bond donors (Lipinski definition) is 1. The lowest BCUT2D eigenvalue weighted by molar-refractivity contribution is -0.118. The molecule has 0 saturated heterocycles. The molecule has 0 unspecified atom stereocenters. The minimum Gasteiger partial charge on any atom is -0.481 e. The minimum atomic E-state index is -0.444. The maximum absolute atomic E-state index is 12.3. The molecule has 1 amide bonds. The van der Waals surface area contributed by atoms with Gasteiger partial charge in [-0.05, 0) is 31.4 Å². The molecule has 0 bridgehead atoms. The van der Waals surface area contributed by atoms with Crippen molar-refractivity contribution in [2.45, 2.75) is 25.4 Å². The first-order chi connectivity index (χ1) is 10.1. The van der Waals surface area contributed by atoms with Crippen molar-refractivity contribution in [3.05, 3.63) is 34.3 Å². The van der Waals surface area contributed by atoms with E-state index in [-0.39, 0.29) is 18.6 Å². The SMILES string of the molecule is O=C1COc2c(cccc2C(=O)O[C@@H]2CCCC=C2Br)N1. The van der Waals surface area contributed by atoms with E-state index in [0.29, 0.717) is 17.0 Å². The van der Waals surface area contributed by atoms with Gasteiger partial charge in [-0.25, -0.2) is 4.79 Å². The number of para-hydroxylation sites is 1. The quantitative estimate of drug-likeness (QED) is 0.831. The number of allylic oxidation sites excluding steroid dienone is 1. The Morgan fingerprint density at radius 1 is 1.43 bits per heavy atom. The van der Waals surface area contributed by atoms with E-state index >= 15 is 0 Å². The van der Waals surface area contributed by atoms with Gasteiger partial charge in [0.1, 0.15) is 11.7 Å². The molecule has 1 N–H and O–H groups in total. The maximum Gasteiger partial charge on any atom is 0.342 e. The Morgan fingerprint density at radius 3 is 3.10 bits per heavy atom. The highest BCUT2D eigenvalue weighted by Crippen LogP contribution is 2.33. The van der Waals surface area contributed by atoms with Crippen LogP contribution in [0.25, 0.3) is 0 Å². The Kier molecular flexibility index (Phi) is 3.96. The molecule has 0 fully saturated rings. The summed E-state index contributed by atoms with van der Waals surface area (Å²) < 4.78 is 11.8. The fourth-order valence-corrected chi connectivity index (χ4v) is 2.95. The summed E-state index contributed by atoms with van der Waals surface area (Å²) in [5.74, 6) is -0.302. The van der Waals surface area contributed by atoms with Crippen LogP contribution in [-0.2, 0) is 9.53 Å². The van der Waals surface area contributed by atoms with Crippen LogP contribution < -0.4 is 10.1 Å². The fraction of sp³-hybridized carbons (Fsp3) is 0.333. The van der Waals surface area contributed by atoms with Crippen molar-refractivity contribution in [2.75, 3.05) is 11.9 Å². The summed E-state index contributed by atoms with van der Waals surface area (Å²) in [4.78, 5) is 23.6. The number of hydrogen-bond acceptors (Lipinski definition) is 4. The molecule has 6 heteroatoms. The van der Waals surface area contributed by atoms with Crippen LogP contribution in [-0.4, -0.2) is 24.6 Å². The van der Waals surface area contributed by atoms with Crippen LogP contribution in [0.1, 0.15) is 29.6 Å². The average molecular weight is 352 g/mol. The largest absolute Gasteiger partial charge is 0.481 e. The standard InChI is InChI=1S/C15H14BrNO4/c16-10-5-1-2-7-12(10)21-15(19)9-4-3-6-11-14(9)20-8-13(18)17-11/h3-6,12H,1-2,7-8H2,(H,17,18)/t12-/m1/s1. The predicted molar refractivity (Wildman–Crippen MR) is 80.6 cm³/mol. The van der Waals surface area contributed by atoms with Gasteiger partial charge in [0.2, 0.25) is 0 Å². The van der Waals surface area contributed by atoms with Gasteiger partial charge in [-0.2, -0.15) is 0 Å². The van der Waals surface area contributed by atoms with Gasteiger partial charge in [0, 0.05) is 4.48 Å². The van der Waals surface area contributed by atoms with Crippen molar-refractivity contribution in [1.82, 2.24) is 0 Å². The lowest BCUT2D eigenvalue weighted by atomic mass is 10.1. The summed E-state index contributed by atoms with van der Waals surface area (Å²) in [7, 11) is 0. The van der Waals surface area contributed by atoms with E-state index in [0.717, 1.165) is 23.7 Å². The van der Waals surface area contributed by atoms with Crippen LogP contribution >= 0.6 is 15.9 Å². The number of ether oxygens (including phenoxy) is 2. The van der Waals surface area contributed by atoms with Crippen LogP contribution in [0.15, 0.2) is 28.8 Å². The van der Waals surface area contributed by atoms with Crippen molar-refractivity contribution < 1.29 is 19.1 Å². The Labute approximate surface area is 130 Å². The van der Waals surface area contributed by atoms with Gasteiger partial charge in [0.25, 0.3) is 5.91 Å². The van der Waals surface area contributed by atoms with E-state index in [1.807, 2.05) is 6.08 Å². The molecule has 1 aliphatic carbocycles. The molecule has 21 heavy (non-hydrogen) atoms.